The standard InChI is InChI=1S/C12H25NOS/c1-2-3-11(4-6-14)8-13-9-12-5-7-15-10-12/h11-14H,2-10H2,1H3. The minimum atomic E-state index is 0.339. The zero-order chi connectivity index (χ0) is 10.9. The largest absolute Gasteiger partial charge is 0.396 e. The molecule has 0 aliphatic carbocycles. The van der Waals surface area contributed by atoms with Crippen molar-refractivity contribution in [1.29, 1.82) is 0 Å². The van der Waals surface area contributed by atoms with E-state index < -0.39 is 0 Å². The molecule has 0 spiro atoms. The van der Waals surface area contributed by atoms with E-state index in [0.717, 1.165) is 18.9 Å². The van der Waals surface area contributed by atoms with Gasteiger partial charge >= 0.3 is 0 Å². The van der Waals surface area contributed by atoms with Gasteiger partial charge in [-0.25, -0.2) is 0 Å². The van der Waals surface area contributed by atoms with Crippen LogP contribution >= 0.6 is 11.8 Å². The molecule has 2 N–H and O–H groups in total. The van der Waals surface area contributed by atoms with Gasteiger partial charge in [0.2, 0.25) is 0 Å². The van der Waals surface area contributed by atoms with Crippen molar-refractivity contribution in [2.45, 2.75) is 32.6 Å². The first-order valence-electron chi connectivity index (χ1n) is 6.26. The maximum atomic E-state index is 8.94. The van der Waals surface area contributed by atoms with Crippen molar-refractivity contribution < 1.29 is 5.11 Å². The number of thioether (sulfide) groups is 1. The van der Waals surface area contributed by atoms with Crippen LogP contribution in [0.15, 0.2) is 0 Å². The number of rotatable bonds is 8. The molecule has 15 heavy (non-hydrogen) atoms. The predicted octanol–water partition coefficient (Wildman–Crippen LogP) is 2.13. The van der Waals surface area contributed by atoms with Crippen molar-refractivity contribution in [3.05, 3.63) is 0 Å². The molecule has 1 fully saturated rings. The average molecular weight is 231 g/mol. The van der Waals surface area contributed by atoms with E-state index in [4.69, 9.17) is 5.11 Å². The van der Waals surface area contributed by atoms with Gasteiger partial charge in [-0.2, -0.15) is 11.8 Å². The second-order valence-electron chi connectivity index (χ2n) is 4.55. The maximum absolute atomic E-state index is 8.94. The molecule has 0 aromatic carbocycles. The fraction of sp³-hybridized carbons (Fsp3) is 1.00. The van der Waals surface area contributed by atoms with E-state index in [1.165, 1.54) is 37.3 Å². The van der Waals surface area contributed by atoms with Gasteiger partial charge in [0, 0.05) is 6.61 Å². The van der Waals surface area contributed by atoms with E-state index in [0.29, 0.717) is 12.5 Å². The molecule has 2 unspecified atom stereocenters. The van der Waals surface area contributed by atoms with Crippen LogP contribution in [0.4, 0.5) is 0 Å². The molecule has 90 valence electrons. The third kappa shape index (κ3) is 5.79. The monoisotopic (exact) mass is 231 g/mol. The fourth-order valence-electron chi connectivity index (χ4n) is 2.18. The van der Waals surface area contributed by atoms with Gasteiger partial charge in [-0.3, -0.25) is 0 Å². The van der Waals surface area contributed by atoms with Gasteiger partial charge in [0.15, 0.2) is 0 Å². The first-order valence-corrected chi connectivity index (χ1v) is 7.41. The van der Waals surface area contributed by atoms with E-state index in [1.807, 2.05) is 0 Å². The normalized spacial score (nSPS) is 23.2. The van der Waals surface area contributed by atoms with E-state index >= 15 is 0 Å². The summed E-state index contributed by atoms with van der Waals surface area (Å²) in [6.07, 6.45) is 4.81. The third-order valence-electron chi connectivity index (χ3n) is 3.12. The summed E-state index contributed by atoms with van der Waals surface area (Å²) in [6, 6.07) is 0. The Kier molecular flexibility index (Phi) is 7.49. The van der Waals surface area contributed by atoms with Crippen LogP contribution in [0.5, 0.6) is 0 Å². The van der Waals surface area contributed by atoms with Crippen molar-refractivity contribution in [3.63, 3.8) is 0 Å². The van der Waals surface area contributed by atoms with Gasteiger partial charge in [0.05, 0.1) is 0 Å². The highest BCUT2D eigenvalue weighted by atomic mass is 32.2. The van der Waals surface area contributed by atoms with E-state index in [9.17, 15) is 0 Å². The number of aliphatic hydroxyl groups excluding tert-OH is 1. The Morgan fingerprint density at radius 2 is 2.33 bits per heavy atom. The molecular weight excluding hydrogens is 206 g/mol. The van der Waals surface area contributed by atoms with Gasteiger partial charge in [-0.05, 0) is 55.7 Å². The summed E-state index contributed by atoms with van der Waals surface area (Å²) in [7, 11) is 0. The summed E-state index contributed by atoms with van der Waals surface area (Å²) >= 11 is 2.08. The van der Waals surface area contributed by atoms with Crippen LogP contribution in [-0.4, -0.2) is 36.3 Å². The zero-order valence-corrected chi connectivity index (χ0v) is 10.7. The van der Waals surface area contributed by atoms with Gasteiger partial charge in [-0.1, -0.05) is 13.3 Å². The Morgan fingerprint density at radius 1 is 1.47 bits per heavy atom. The summed E-state index contributed by atoms with van der Waals surface area (Å²) < 4.78 is 0. The number of hydrogen-bond donors (Lipinski definition) is 2. The summed E-state index contributed by atoms with van der Waals surface area (Å²) in [5.41, 5.74) is 0. The lowest BCUT2D eigenvalue weighted by molar-refractivity contribution is 0.247. The number of aliphatic hydroxyl groups is 1. The Hall–Kier alpha value is 0.270. The quantitative estimate of drug-likeness (QED) is 0.671. The second-order valence-corrected chi connectivity index (χ2v) is 5.70. The molecule has 1 aliphatic heterocycles. The van der Waals surface area contributed by atoms with Gasteiger partial charge < -0.3 is 10.4 Å². The zero-order valence-electron chi connectivity index (χ0n) is 9.87. The van der Waals surface area contributed by atoms with Gasteiger partial charge in [-0.15, -0.1) is 0 Å². The highest BCUT2D eigenvalue weighted by Crippen LogP contribution is 2.22. The molecule has 1 rings (SSSR count). The molecule has 0 bridgehead atoms. The fourth-order valence-corrected chi connectivity index (χ4v) is 3.46. The Morgan fingerprint density at radius 3 is 2.93 bits per heavy atom. The Labute approximate surface area is 98.2 Å². The second kappa shape index (κ2) is 8.43. The SMILES string of the molecule is CCCC(CCO)CNCC1CCSC1. The predicted molar refractivity (Wildman–Crippen MR) is 68.4 cm³/mol. The average Bonchev–Trinajstić information content (AvgIpc) is 2.71. The van der Waals surface area contributed by atoms with Crippen LogP contribution < -0.4 is 5.32 Å². The summed E-state index contributed by atoms with van der Waals surface area (Å²) in [5.74, 6) is 4.26. The van der Waals surface area contributed by atoms with Crippen molar-refractivity contribution >= 4 is 11.8 Å². The minimum absolute atomic E-state index is 0.339. The molecule has 1 saturated heterocycles. The lowest BCUT2D eigenvalue weighted by atomic mass is 10.00. The summed E-state index contributed by atoms with van der Waals surface area (Å²) in [6.45, 7) is 4.83. The van der Waals surface area contributed by atoms with Crippen LogP contribution in [0.3, 0.4) is 0 Å². The van der Waals surface area contributed by atoms with Crippen molar-refractivity contribution in [1.82, 2.24) is 5.32 Å². The van der Waals surface area contributed by atoms with E-state index in [-0.39, 0.29) is 0 Å². The lowest BCUT2D eigenvalue weighted by Crippen LogP contribution is -2.28. The maximum Gasteiger partial charge on any atom is 0.0434 e. The summed E-state index contributed by atoms with van der Waals surface area (Å²) in [5, 5.41) is 12.5. The smallest absolute Gasteiger partial charge is 0.0434 e. The van der Waals surface area contributed by atoms with Crippen LogP contribution in [0.2, 0.25) is 0 Å². The lowest BCUT2D eigenvalue weighted by Gasteiger charge is -2.17. The van der Waals surface area contributed by atoms with E-state index in [2.05, 4.69) is 24.0 Å². The molecular formula is C12H25NOS. The molecule has 2 atom stereocenters. The van der Waals surface area contributed by atoms with Crippen molar-refractivity contribution in [2.24, 2.45) is 11.8 Å². The molecule has 1 heterocycles. The number of hydrogen-bond acceptors (Lipinski definition) is 3. The highest BCUT2D eigenvalue weighted by Gasteiger charge is 2.15. The first-order chi connectivity index (χ1) is 7.36. The van der Waals surface area contributed by atoms with Crippen LogP contribution in [0.25, 0.3) is 0 Å². The van der Waals surface area contributed by atoms with E-state index in [1.54, 1.807) is 0 Å². The molecule has 1 aliphatic rings. The molecule has 3 heteroatoms. The number of nitrogens with one attached hydrogen (secondary N) is 1. The van der Waals surface area contributed by atoms with Crippen LogP contribution in [0.1, 0.15) is 32.6 Å². The molecule has 0 radical (unpaired) electrons. The van der Waals surface area contributed by atoms with Crippen LogP contribution in [0, 0.1) is 11.8 Å². The minimum Gasteiger partial charge on any atom is -0.396 e. The van der Waals surface area contributed by atoms with Crippen LogP contribution in [-0.2, 0) is 0 Å². The topological polar surface area (TPSA) is 32.3 Å². The molecule has 0 aromatic rings. The molecule has 0 aromatic heterocycles. The third-order valence-corrected chi connectivity index (χ3v) is 4.36. The Bertz CT molecular complexity index is 143. The molecule has 0 saturated carbocycles. The highest BCUT2D eigenvalue weighted by molar-refractivity contribution is 7.99. The Balaban J connectivity index is 2.04. The summed E-state index contributed by atoms with van der Waals surface area (Å²) in [4.78, 5) is 0. The van der Waals surface area contributed by atoms with Gasteiger partial charge in [0.25, 0.3) is 0 Å². The van der Waals surface area contributed by atoms with Crippen molar-refractivity contribution in [2.75, 3.05) is 31.2 Å². The molecule has 0 amide bonds. The molecule has 2 nitrogen and oxygen atoms in total. The van der Waals surface area contributed by atoms with Crippen molar-refractivity contribution in [3.8, 4) is 0 Å². The first kappa shape index (κ1) is 13.3. The van der Waals surface area contributed by atoms with Gasteiger partial charge in [0.1, 0.15) is 0 Å².